The summed E-state index contributed by atoms with van der Waals surface area (Å²) in [6.07, 6.45) is 1.32. The summed E-state index contributed by atoms with van der Waals surface area (Å²) in [6, 6.07) is 13.3. The average Bonchev–Trinajstić information content (AvgIpc) is 2.74. The number of hydrogen-bond acceptors (Lipinski definition) is 6. The van der Waals surface area contributed by atoms with Crippen LogP contribution in [0.4, 0.5) is 16.0 Å². The van der Waals surface area contributed by atoms with Crippen LogP contribution in [0.25, 0.3) is 10.9 Å². The van der Waals surface area contributed by atoms with Gasteiger partial charge in [0.15, 0.2) is 0 Å². The van der Waals surface area contributed by atoms with Crippen LogP contribution < -0.4 is 16.6 Å². The van der Waals surface area contributed by atoms with E-state index in [4.69, 9.17) is 5.73 Å². The average molecular weight is 400 g/mol. The van der Waals surface area contributed by atoms with Gasteiger partial charge < -0.3 is 16.0 Å². The van der Waals surface area contributed by atoms with Crippen LogP contribution in [0.2, 0.25) is 0 Å². The van der Waals surface area contributed by atoms with Gasteiger partial charge in [-0.05, 0) is 31.2 Å². The molecule has 0 aliphatic rings. The molecular weight excluding hydrogens is 383 g/mol. The fourth-order valence-corrected chi connectivity index (χ4v) is 2.93. The van der Waals surface area contributed by atoms with Crippen LogP contribution in [0.3, 0.4) is 0 Å². The summed E-state index contributed by atoms with van der Waals surface area (Å²) in [5, 5.41) is 3.08. The lowest BCUT2D eigenvalue weighted by atomic mass is 10.2. The molecule has 1 atom stereocenters. The third-order valence-corrected chi connectivity index (χ3v) is 4.45. The van der Waals surface area contributed by atoms with Crippen molar-refractivity contribution in [2.24, 2.45) is 0 Å². The molecular formula is C22H17FN6O. The molecule has 0 saturated carbocycles. The Bertz CT molecular complexity index is 1340. The number of halogens is 1. The zero-order valence-electron chi connectivity index (χ0n) is 16.0. The van der Waals surface area contributed by atoms with E-state index in [2.05, 4.69) is 37.1 Å². The van der Waals surface area contributed by atoms with Crippen LogP contribution >= 0.6 is 0 Å². The first kappa shape index (κ1) is 19.1. The number of H-pyrrole nitrogens is 1. The highest BCUT2D eigenvalue weighted by Crippen LogP contribution is 2.21. The highest BCUT2D eigenvalue weighted by molar-refractivity contribution is 5.78. The van der Waals surface area contributed by atoms with Crippen molar-refractivity contribution in [1.29, 1.82) is 0 Å². The van der Waals surface area contributed by atoms with Gasteiger partial charge in [-0.25, -0.2) is 19.3 Å². The molecule has 0 fully saturated rings. The topological polar surface area (TPSA) is 110 Å². The van der Waals surface area contributed by atoms with Gasteiger partial charge in [-0.2, -0.15) is 0 Å². The van der Waals surface area contributed by atoms with Crippen LogP contribution in [0.15, 0.2) is 59.7 Å². The molecule has 148 valence electrons. The maximum atomic E-state index is 13.9. The summed E-state index contributed by atoms with van der Waals surface area (Å²) in [5.74, 6) is 6.37. The predicted molar refractivity (Wildman–Crippen MR) is 113 cm³/mol. The van der Waals surface area contributed by atoms with Gasteiger partial charge in [-0.1, -0.05) is 36.1 Å². The zero-order chi connectivity index (χ0) is 21.1. The van der Waals surface area contributed by atoms with Gasteiger partial charge in [0, 0.05) is 5.56 Å². The Morgan fingerprint density at radius 3 is 2.70 bits per heavy atom. The summed E-state index contributed by atoms with van der Waals surface area (Å²) >= 11 is 0. The van der Waals surface area contributed by atoms with Crippen molar-refractivity contribution in [2.45, 2.75) is 13.0 Å². The van der Waals surface area contributed by atoms with Crippen molar-refractivity contribution in [3.8, 4) is 11.8 Å². The standard InChI is InChI=1S/C22H17FN6O/c1-13(20-28-17-9-5-8-16(23)18(17)22(30)29-20)27-21-15(19(24)25-12-26-21)11-10-14-6-3-2-4-7-14/h2-9,12-13H,1H3,(H,28,29,30)(H3,24,25,26,27). The number of fused-ring (bicyclic) bond motifs is 1. The SMILES string of the molecule is CC(Nc1ncnc(N)c1C#Cc1ccccc1)c1nc2cccc(F)c2c(=O)[nH]1. The molecule has 2 aromatic carbocycles. The maximum Gasteiger partial charge on any atom is 0.261 e. The van der Waals surface area contributed by atoms with Crippen LogP contribution in [0, 0.1) is 17.7 Å². The second-order valence-corrected chi connectivity index (χ2v) is 6.55. The molecule has 2 heterocycles. The van der Waals surface area contributed by atoms with Gasteiger partial charge in [-0.15, -0.1) is 0 Å². The number of rotatable bonds is 3. The van der Waals surface area contributed by atoms with Crippen LogP contribution in [-0.2, 0) is 0 Å². The second-order valence-electron chi connectivity index (χ2n) is 6.55. The molecule has 0 bridgehead atoms. The third kappa shape index (κ3) is 3.82. The molecule has 7 nitrogen and oxygen atoms in total. The minimum Gasteiger partial charge on any atom is -0.382 e. The van der Waals surface area contributed by atoms with E-state index in [-0.39, 0.29) is 16.7 Å². The van der Waals surface area contributed by atoms with E-state index in [1.54, 1.807) is 13.0 Å². The Balaban J connectivity index is 1.68. The highest BCUT2D eigenvalue weighted by Gasteiger charge is 2.16. The monoisotopic (exact) mass is 400 g/mol. The summed E-state index contributed by atoms with van der Waals surface area (Å²) < 4.78 is 13.9. The Labute approximate surface area is 171 Å². The number of nitrogens with two attached hydrogens (primary N) is 1. The van der Waals surface area contributed by atoms with Gasteiger partial charge in [0.1, 0.15) is 40.6 Å². The summed E-state index contributed by atoms with van der Waals surface area (Å²) in [7, 11) is 0. The van der Waals surface area contributed by atoms with Crippen molar-refractivity contribution in [1.82, 2.24) is 19.9 Å². The minimum absolute atomic E-state index is 0.0749. The lowest BCUT2D eigenvalue weighted by molar-refractivity contribution is 0.637. The largest absolute Gasteiger partial charge is 0.382 e. The number of nitrogens with zero attached hydrogens (tertiary/aromatic N) is 3. The molecule has 0 saturated heterocycles. The minimum atomic E-state index is -0.615. The van der Waals surface area contributed by atoms with Crippen molar-refractivity contribution < 1.29 is 4.39 Å². The molecule has 0 radical (unpaired) electrons. The summed E-state index contributed by atoms with van der Waals surface area (Å²) in [6.45, 7) is 1.79. The Morgan fingerprint density at radius 1 is 1.10 bits per heavy atom. The predicted octanol–water partition coefficient (Wildman–Crippen LogP) is 3.01. The molecule has 30 heavy (non-hydrogen) atoms. The highest BCUT2D eigenvalue weighted by atomic mass is 19.1. The fourth-order valence-electron chi connectivity index (χ4n) is 2.93. The second kappa shape index (κ2) is 8.01. The molecule has 1 unspecified atom stereocenters. The fraction of sp³-hybridized carbons (Fsp3) is 0.0909. The molecule has 4 aromatic rings. The molecule has 0 amide bonds. The first-order valence-corrected chi connectivity index (χ1v) is 9.15. The summed E-state index contributed by atoms with van der Waals surface area (Å²) in [5.41, 5.74) is 6.98. The molecule has 8 heteroatoms. The number of nitrogen functional groups attached to an aromatic ring is 1. The number of aromatic nitrogens is 4. The Hall–Kier alpha value is -4.25. The van der Waals surface area contributed by atoms with E-state index in [1.165, 1.54) is 18.5 Å². The number of anilines is 2. The van der Waals surface area contributed by atoms with Crippen molar-refractivity contribution >= 4 is 22.5 Å². The van der Waals surface area contributed by atoms with E-state index in [1.807, 2.05) is 30.3 Å². The lowest BCUT2D eigenvalue weighted by Crippen LogP contribution is -2.19. The summed E-state index contributed by atoms with van der Waals surface area (Å²) in [4.78, 5) is 27.6. The normalized spacial score (nSPS) is 11.5. The van der Waals surface area contributed by atoms with E-state index in [0.29, 0.717) is 17.2 Å². The molecule has 0 aliphatic carbocycles. The van der Waals surface area contributed by atoms with Crippen LogP contribution in [-0.4, -0.2) is 19.9 Å². The first-order chi connectivity index (χ1) is 14.5. The Morgan fingerprint density at radius 2 is 1.90 bits per heavy atom. The van der Waals surface area contributed by atoms with E-state index in [9.17, 15) is 9.18 Å². The number of nitrogens with one attached hydrogen (secondary N) is 2. The third-order valence-electron chi connectivity index (χ3n) is 4.45. The van der Waals surface area contributed by atoms with Crippen LogP contribution in [0.1, 0.15) is 29.9 Å². The van der Waals surface area contributed by atoms with Crippen molar-refractivity contribution in [3.63, 3.8) is 0 Å². The van der Waals surface area contributed by atoms with Crippen molar-refractivity contribution in [3.05, 3.63) is 88.0 Å². The smallest absolute Gasteiger partial charge is 0.261 e. The van der Waals surface area contributed by atoms with E-state index < -0.39 is 17.4 Å². The molecule has 2 aromatic heterocycles. The molecule has 4 rings (SSSR count). The van der Waals surface area contributed by atoms with E-state index in [0.717, 1.165) is 5.56 Å². The van der Waals surface area contributed by atoms with Gasteiger partial charge in [0.25, 0.3) is 5.56 Å². The van der Waals surface area contributed by atoms with Crippen LogP contribution in [0.5, 0.6) is 0 Å². The number of benzene rings is 2. The Kier molecular flexibility index (Phi) is 5.09. The van der Waals surface area contributed by atoms with Gasteiger partial charge in [-0.3, -0.25) is 4.79 Å². The lowest BCUT2D eigenvalue weighted by Gasteiger charge is -2.15. The number of aromatic amines is 1. The quantitative estimate of drug-likeness (QED) is 0.456. The van der Waals surface area contributed by atoms with Crippen molar-refractivity contribution in [2.75, 3.05) is 11.1 Å². The molecule has 4 N–H and O–H groups in total. The van der Waals surface area contributed by atoms with Gasteiger partial charge >= 0.3 is 0 Å². The van der Waals surface area contributed by atoms with Gasteiger partial charge in [0.05, 0.1) is 11.6 Å². The molecule has 0 aliphatic heterocycles. The maximum absolute atomic E-state index is 13.9. The molecule has 0 spiro atoms. The zero-order valence-corrected chi connectivity index (χ0v) is 16.0. The van der Waals surface area contributed by atoms with Gasteiger partial charge in [0.2, 0.25) is 0 Å². The number of hydrogen-bond donors (Lipinski definition) is 3. The first-order valence-electron chi connectivity index (χ1n) is 9.15. The van der Waals surface area contributed by atoms with E-state index >= 15 is 0 Å².